The Labute approximate surface area is 103 Å². The van der Waals surface area contributed by atoms with Gasteiger partial charge in [0, 0.05) is 31.4 Å². The molecule has 0 saturated heterocycles. The van der Waals surface area contributed by atoms with E-state index in [0.29, 0.717) is 12.6 Å². The van der Waals surface area contributed by atoms with Crippen LogP contribution in [0.1, 0.15) is 50.6 Å². The normalized spacial score (nSPS) is 20.6. The Bertz CT molecular complexity index is 355. The van der Waals surface area contributed by atoms with E-state index in [0.717, 1.165) is 32.1 Å². The van der Waals surface area contributed by atoms with Gasteiger partial charge in [-0.15, -0.1) is 0 Å². The third-order valence-electron chi connectivity index (χ3n) is 3.75. The minimum Gasteiger partial charge on any atom is -0.389 e. The molecule has 4 nitrogen and oxygen atoms in total. The molecule has 1 saturated carbocycles. The summed E-state index contributed by atoms with van der Waals surface area (Å²) in [6.07, 6.45) is 9.14. The molecule has 0 aromatic carbocycles. The highest BCUT2D eigenvalue weighted by Gasteiger charge is 2.31. The summed E-state index contributed by atoms with van der Waals surface area (Å²) < 4.78 is 1.82. The third kappa shape index (κ3) is 3.07. The van der Waals surface area contributed by atoms with E-state index in [1.54, 1.807) is 0 Å². The summed E-state index contributed by atoms with van der Waals surface area (Å²) in [7, 11) is 1.93. The van der Waals surface area contributed by atoms with E-state index in [-0.39, 0.29) is 0 Å². The van der Waals surface area contributed by atoms with Gasteiger partial charge in [0.1, 0.15) is 0 Å². The Hall–Kier alpha value is -0.870. The molecule has 2 N–H and O–H groups in total. The maximum absolute atomic E-state index is 10.3. The van der Waals surface area contributed by atoms with Gasteiger partial charge in [-0.3, -0.25) is 4.68 Å². The van der Waals surface area contributed by atoms with Crippen LogP contribution in [0.2, 0.25) is 0 Å². The number of hydrogen-bond acceptors (Lipinski definition) is 3. The second-order valence-corrected chi connectivity index (χ2v) is 5.22. The fraction of sp³-hybridized carbons (Fsp3) is 0.769. The third-order valence-corrected chi connectivity index (χ3v) is 3.75. The van der Waals surface area contributed by atoms with Crippen molar-refractivity contribution in [3.63, 3.8) is 0 Å². The lowest BCUT2D eigenvalue weighted by molar-refractivity contribution is 0.0446. The van der Waals surface area contributed by atoms with E-state index in [9.17, 15) is 5.11 Å². The van der Waals surface area contributed by atoms with E-state index >= 15 is 0 Å². The van der Waals surface area contributed by atoms with Crippen molar-refractivity contribution in [2.75, 3.05) is 6.54 Å². The van der Waals surface area contributed by atoms with E-state index in [4.69, 9.17) is 0 Å². The quantitative estimate of drug-likeness (QED) is 0.820. The molecule has 1 unspecified atom stereocenters. The first-order valence-electron chi connectivity index (χ1n) is 6.57. The van der Waals surface area contributed by atoms with E-state index in [1.165, 1.54) is 5.56 Å². The largest absolute Gasteiger partial charge is 0.389 e. The summed E-state index contributed by atoms with van der Waals surface area (Å²) >= 11 is 0. The second kappa shape index (κ2) is 5.19. The van der Waals surface area contributed by atoms with Crippen molar-refractivity contribution in [1.29, 1.82) is 0 Å². The number of aliphatic hydroxyl groups is 1. The standard InChI is InChI=1S/C13H23N3O/c1-3-12(11-8-15-16(2)9-11)14-10-13(17)6-4-5-7-13/h8-9,12,14,17H,3-7,10H2,1-2H3. The van der Waals surface area contributed by atoms with Crippen LogP contribution in [0.15, 0.2) is 12.4 Å². The molecule has 96 valence electrons. The van der Waals surface area contributed by atoms with Crippen LogP contribution in [0.3, 0.4) is 0 Å². The Balaban J connectivity index is 1.91. The van der Waals surface area contributed by atoms with Gasteiger partial charge < -0.3 is 10.4 Å². The predicted octanol–water partition coefficient (Wildman–Crippen LogP) is 1.77. The van der Waals surface area contributed by atoms with Gasteiger partial charge in [0.25, 0.3) is 0 Å². The average molecular weight is 237 g/mol. The SMILES string of the molecule is CCC(NCC1(O)CCCC1)c1cnn(C)c1. The number of nitrogens with one attached hydrogen (secondary N) is 1. The van der Waals surface area contributed by atoms with Gasteiger partial charge in [-0.25, -0.2) is 0 Å². The van der Waals surface area contributed by atoms with Crippen molar-refractivity contribution in [2.24, 2.45) is 7.05 Å². The van der Waals surface area contributed by atoms with Crippen molar-refractivity contribution in [3.05, 3.63) is 18.0 Å². The molecule has 2 rings (SSSR count). The first-order valence-corrected chi connectivity index (χ1v) is 6.57. The molecular formula is C13H23N3O. The van der Waals surface area contributed by atoms with Crippen molar-refractivity contribution in [1.82, 2.24) is 15.1 Å². The van der Waals surface area contributed by atoms with Crippen LogP contribution in [-0.4, -0.2) is 27.0 Å². The molecule has 1 heterocycles. The summed E-state index contributed by atoms with van der Waals surface area (Å²) in [5, 5.41) is 18.0. The molecule has 0 amide bonds. The maximum Gasteiger partial charge on any atom is 0.0771 e. The Kier molecular flexibility index (Phi) is 3.84. The highest BCUT2D eigenvalue weighted by Crippen LogP contribution is 2.29. The van der Waals surface area contributed by atoms with Crippen molar-refractivity contribution < 1.29 is 5.11 Å². The van der Waals surface area contributed by atoms with Crippen LogP contribution >= 0.6 is 0 Å². The molecule has 17 heavy (non-hydrogen) atoms. The zero-order chi connectivity index (χ0) is 12.3. The molecule has 1 fully saturated rings. The molecule has 1 aromatic rings. The lowest BCUT2D eigenvalue weighted by Gasteiger charge is -2.25. The summed E-state index contributed by atoms with van der Waals surface area (Å²) in [5.74, 6) is 0. The molecule has 1 aliphatic carbocycles. The highest BCUT2D eigenvalue weighted by molar-refractivity contribution is 5.10. The minimum absolute atomic E-state index is 0.299. The highest BCUT2D eigenvalue weighted by atomic mass is 16.3. The number of nitrogens with zero attached hydrogens (tertiary/aromatic N) is 2. The summed E-state index contributed by atoms with van der Waals surface area (Å²) in [6, 6.07) is 0.299. The Morgan fingerprint density at radius 3 is 2.76 bits per heavy atom. The number of aryl methyl sites for hydroxylation is 1. The van der Waals surface area contributed by atoms with Crippen molar-refractivity contribution >= 4 is 0 Å². The van der Waals surface area contributed by atoms with Crippen LogP contribution in [0.25, 0.3) is 0 Å². The fourth-order valence-corrected chi connectivity index (χ4v) is 2.64. The summed E-state index contributed by atoms with van der Waals surface area (Å²) in [5.41, 5.74) is 0.729. The van der Waals surface area contributed by atoms with Crippen molar-refractivity contribution in [2.45, 2.75) is 50.7 Å². The predicted molar refractivity (Wildman–Crippen MR) is 67.7 cm³/mol. The van der Waals surface area contributed by atoms with Gasteiger partial charge in [0.15, 0.2) is 0 Å². The smallest absolute Gasteiger partial charge is 0.0771 e. The lowest BCUT2D eigenvalue weighted by atomic mass is 10.0. The average Bonchev–Trinajstić information content (AvgIpc) is 2.90. The zero-order valence-corrected chi connectivity index (χ0v) is 10.8. The van der Waals surface area contributed by atoms with E-state index < -0.39 is 5.60 Å². The maximum atomic E-state index is 10.3. The molecule has 1 aromatic heterocycles. The summed E-state index contributed by atoms with van der Waals surface area (Å²) in [6.45, 7) is 2.85. The number of aromatic nitrogens is 2. The van der Waals surface area contributed by atoms with Crippen molar-refractivity contribution in [3.8, 4) is 0 Å². The molecule has 4 heteroatoms. The first kappa shape index (κ1) is 12.6. The van der Waals surface area contributed by atoms with Gasteiger partial charge in [-0.1, -0.05) is 19.8 Å². The monoisotopic (exact) mass is 237 g/mol. The lowest BCUT2D eigenvalue weighted by Crippen LogP contribution is -2.39. The van der Waals surface area contributed by atoms with Crippen LogP contribution < -0.4 is 5.32 Å². The van der Waals surface area contributed by atoms with Gasteiger partial charge >= 0.3 is 0 Å². The molecule has 0 radical (unpaired) electrons. The number of rotatable bonds is 5. The molecule has 1 atom stereocenters. The van der Waals surface area contributed by atoms with Gasteiger partial charge in [0.2, 0.25) is 0 Å². The van der Waals surface area contributed by atoms with Crippen LogP contribution in [-0.2, 0) is 7.05 Å². The van der Waals surface area contributed by atoms with Crippen LogP contribution in [0.4, 0.5) is 0 Å². The van der Waals surface area contributed by atoms with Gasteiger partial charge in [-0.05, 0) is 19.3 Å². The molecular weight excluding hydrogens is 214 g/mol. The van der Waals surface area contributed by atoms with Crippen LogP contribution in [0, 0.1) is 0 Å². The van der Waals surface area contributed by atoms with E-state index in [2.05, 4.69) is 17.3 Å². The topological polar surface area (TPSA) is 50.1 Å². The molecule has 0 bridgehead atoms. The Morgan fingerprint density at radius 2 is 2.24 bits per heavy atom. The second-order valence-electron chi connectivity index (χ2n) is 5.22. The fourth-order valence-electron chi connectivity index (χ4n) is 2.64. The zero-order valence-electron chi connectivity index (χ0n) is 10.8. The Morgan fingerprint density at radius 1 is 1.53 bits per heavy atom. The number of hydrogen-bond donors (Lipinski definition) is 2. The van der Waals surface area contributed by atoms with Gasteiger partial charge in [0.05, 0.1) is 11.8 Å². The first-order chi connectivity index (χ1) is 8.13. The molecule has 1 aliphatic rings. The van der Waals surface area contributed by atoms with Crippen LogP contribution in [0.5, 0.6) is 0 Å². The van der Waals surface area contributed by atoms with E-state index in [1.807, 2.05) is 24.1 Å². The summed E-state index contributed by atoms with van der Waals surface area (Å²) in [4.78, 5) is 0. The molecule has 0 spiro atoms. The minimum atomic E-state index is -0.477. The van der Waals surface area contributed by atoms with Gasteiger partial charge in [-0.2, -0.15) is 5.10 Å². The molecule has 0 aliphatic heterocycles.